The lowest BCUT2D eigenvalue weighted by molar-refractivity contribution is 0.00435. The van der Waals surface area contributed by atoms with Gasteiger partial charge in [0, 0.05) is 13.1 Å². The van der Waals surface area contributed by atoms with Crippen LogP contribution in [0.15, 0.2) is 121 Å². The Morgan fingerprint density at radius 3 is 1.16 bits per heavy atom. The van der Waals surface area contributed by atoms with Crippen LogP contribution >= 0.6 is 0 Å². The smallest absolute Gasteiger partial charge is 0.338 e. The zero-order chi connectivity index (χ0) is 37.1. The fourth-order valence-corrected chi connectivity index (χ4v) is 7.16. The van der Waals surface area contributed by atoms with Crippen LogP contribution in [0.1, 0.15) is 39.2 Å². The first-order valence-electron chi connectivity index (χ1n) is 18.4. The summed E-state index contributed by atoms with van der Waals surface area (Å²) in [5, 5.41) is 0. The Balaban J connectivity index is 1.06. The number of imidazole rings is 4. The molecule has 4 N–H and O–H groups in total. The molecule has 274 valence electrons. The van der Waals surface area contributed by atoms with E-state index in [0.717, 1.165) is 73.0 Å². The van der Waals surface area contributed by atoms with Crippen LogP contribution in [0.4, 0.5) is 0 Å². The van der Waals surface area contributed by atoms with Gasteiger partial charge < -0.3 is 24.7 Å². The first-order chi connectivity index (χ1) is 27.0. The Hall–Kier alpha value is -6.63. The van der Waals surface area contributed by atoms with Gasteiger partial charge in [-0.05, 0) is 67.6 Å². The third kappa shape index (κ3) is 7.86. The SMILES string of the molecule is Cc1ccc(C(=O)OC(CN(Cc2nc3ccccc3[nH]2)Cc2nc3ccccc3[nH]2)CN(Cc2nc3ccccc3[nH]2)Cc2nc3ccccc3[nH]2)cc1. The summed E-state index contributed by atoms with van der Waals surface area (Å²) in [7, 11) is 0. The summed E-state index contributed by atoms with van der Waals surface area (Å²) in [6, 6.07) is 39.5. The van der Waals surface area contributed by atoms with E-state index in [9.17, 15) is 4.79 Å². The highest BCUT2D eigenvalue weighted by molar-refractivity contribution is 5.89. The molecular weight excluding hydrogens is 689 g/mol. The number of ether oxygens (including phenoxy) is 1. The third-order valence-electron chi connectivity index (χ3n) is 9.73. The fourth-order valence-electron chi connectivity index (χ4n) is 7.16. The van der Waals surface area contributed by atoms with Crippen molar-refractivity contribution in [3.05, 3.63) is 156 Å². The highest BCUT2D eigenvalue weighted by Crippen LogP contribution is 2.20. The molecule has 0 bridgehead atoms. The Bertz CT molecular complexity index is 2280. The lowest BCUT2D eigenvalue weighted by atomic mass is 10.1. The van der Waals surface area contributed by atoms with Crippen LogP contribution in [0.25, 0.3) is 44.1 Å². The molecule has 0 unspecified atom stereocenters. The summed E-state index contributed by atoms with van der Waals surface area (Å²) in [4.78, 5) is 51.9. The summed E-state index contributed by atoms with van der Waals surface area (Å²) >= 11 is 0. The minimum Gasteiger partial charge on any atom is -0.456 e. The first-order valence-corrected chi connectivity index (χ1v) is 18.4. The van der Waals surface area contributed by atoms with Gasteiger partial charge in [-0.1, -0.05) is 66.2 Å². The zero-order valence-corrected chi connectivity index (χ0v) is 30.4. The number of rotatable bonds is 14. The number of benzene rings is 5. The minimum atomic E-state index is -0.573. The molecule has 0 fully saturated rings. The van der Waals surface area contributed by atoms with E-state index in [1.165, 1.54) is 0 Å². The van der Waals surface area contributed by atoms with E-state index < -0.39 is 6.10 Å². The highest BCUT2D eigenvalue weighted by atomic mass is 16.5. The normalized spacial score (nSPS) is 12.0. The molecular formula is C43H40N10O2. The number of para-hydroxylation sites is 8. The second-order valence-corrected chi connectivity index (χ2v) is 14.0. The van der Waals surface area contributed by atoms with Gasteiger partial charge in [0.05, 0.1) is 75.9 Å². The van der Waals surface area contributed by atoms with Crippen molar-refractivity contribution in [1.82, 2.24) is 49.7 Å². The summed E-state index contributed by atoms with van der Waals surface area (Å²) < 4.78 is 6.48. The summed E-state index contributed by atoms with van der Waals surface area (Å²) in [5.74, 6) is 2.85. The monoisotopic (exact) mass is 728 g/mol. The van der Waals surface area contributed by atoms with Crippen molar-refractivity contribution in [1.29, 1.82) is 0 Å². The maximum absolute atomic E-state index is 13.9. The fraction of sp³-hybridized carbons (Fsp3) is 0.186. The number of nitrogens with zero attached hydrogens (tertiary/aromatic N) is 6. The lowest BCUT2D eigenvalue weighted by Gasteiger charge is -2.30. The molecule has 4 aromatic heterocycles. The molecule has 9 rings (SSSR count). The zero-order valence-electron chi connectivity index (χ0n) is 30.4. The number of aromatic amines is 4. The second kappa shape index (κ2) is 15.0. The Morgan fingerprint density at radius 2 is 0.836 bits per heavy atom. The third-order valence-corrected chi connectivity index (χ3v) is 9.73. The van der Waals surface area contributed by atoms with Gasteiger partial charge in [0.2, 0.25) is 0 Å². The number of esters is 1. The predicted octanol–water partition coefficient (Wildman–Crippen LogP) is 7.43. The molecule has 0 aliphatic heterocycles. The number of aryl methyl sites for hydroxylation is 1. The number of carbonyl (C=O) groups excluding carboxylic acids is 1. The first kappa shape index (κ1) is 34.2. The molecule has 0 amide bonds. The van der Waals surface area contributed by atoms with Gasteiger partial charge >= 0.3 is 5.97 Å². The summed E-state index contributed by atoms with van der Waals surface area (Å²) in [6.07, 6.45) is -0.573. The maximum atomic E-state index is 13.9. The number of nitrogens with one attached hydrogen (secondary N) is 4. The molecule has 9 aromatic rings. The second-order valence-electron chi connectivity index (χ2n) is 14.0. The van der Waals surface area contributed by atoms with Crippen LogP contribution in [-0.4, -0.2) is 74.8 Å². The van der Waals surface area contributed by atoms with E-state index in [1.54, 1.807) is 0 Å². The van der Waals surface area contributed by atoms with Crippen molar-refractivity contribution in [3.8, 4) is 0 Å². The van der Waals surface area contributed by atoms with Crippen LogP contribution in [-0.2, 0) is 30.9 Å². The van der Waals surface area contributed by atoms with Crippen LogP contribution in [0.5, 0.6) is 0 Å². The summed E-state index contributed by atoms with van der Waals surface area (Å²) in [6.45, 7) is 4.66. The molecule has 12 heteroatoms. The van der Waals surface area contributed by atoms with Crippen molar-refractivity contribution >= 4 is 50.1 Å². The number of hydrogen-bond donors (Lipinski definition) is 4. The molecule has 12 nitrogen and oxygen atoms in total. The Labute approximate surface area is 316 Å². The van der Waals surface area contributed by atoms with E-state index in [4.69, 9.17) is 24.7 Å². The van der Waals surface area contributed by atoms with Gasteiger partial charge in [0.25, 0.3) is 0 Å². The van der Waals surface area contributed by atoms with Crippen molar-refractivity contribution in [2.75, 3.05) is 13.1 Å². The quantitative estimate of drug-likeness (QED) is 0.0846. The minimum absolute atomic E-state index is 0.384. The molecule has 0 aliphatic rings. The molecule has 4 heterocycles. The molecule has 0 aliphatic carbocycles. The van der Waals surface area contributed by atoms with Gasteiger partial charge in [-0.3, -0.25) is 9.80 Å². The number of aromatic nitrogens is 8. The number of H-pyrrole nitrogens is 4. The molecule has 5 aromatic carbocycles. The van der Waals surface area contributed by atoms with Gasteiger partial charge in [-0.2, -0.15) is 0 Å². The lowest BCUT2D eigenvalue weighted by Crippen LogP contribution is -2.42. The van der Waals surface area contributed by atoms with E-state index in [2.05, 4.69) is 29.7 Å². The largest absolute Gasteiger partial charge is 0.456 e. The van der Waals surface area contributed by atoms with Gasteiger partial charge in [0.15, 0.2) is 0 Å². The van der Waals surface area contributed by atoms with Crippen LogP contribution in [0, 0.1) is 6.92 Å². The maximum Gasteiger partial charge on any atom is 0.338 e. The summed E-state index contributed by atoms with van der Waals surface area (Å²) in [5.41, 5.74) is 9.00. The number of fused-ring (bicyclic) bond motifs is 4. The highest BCUT2D eigenvalue weighted by Gasteiger charge is 2.26. The molecule has 0 saturated carbocycles. The average Bonchev–Trinajstić information content (AvgIpc) is 3.98. The predicted molar refractivity (Wildman–Crippen MR) is 213 cm³/mol. The Morgan fingerprint density at radius 1 is 0.509 bits per heavy atom. The topological polar surface area (TPSA) is 147 Å². The molecule has 0 spiro atoms. The Kier molecular flexibility index (Phi) is 9.32. The van der Waals surface area contributed by atoms with Crippen molar-refractivity contribution < 1.29 is 9.53 Å². The van der Waals surface area contributed by atoms with E-state index in [-0.39, 0.29) is 5.97 Å². The van der Waals surface area contributed by atoms with E-state index >= 15 is 0 Å². The van der Waals surface area contributed by atoms with Crippen molar-refractivity contribution in [2.45, 2.75) is 39.2 Å². The van der Waals surface area contributed by atoms with Crippen molar-refractivity contribution in [3.63, 3.8) is 0 Å². The number of hydrogen-bond acceptors (Lipinski definition) is 8. The molecule has 55 heavy (non-hydrogen) atoms. The molecule has 0 atom stereocenters. The van der Waals surface area contributed by atoms with E-state index in [1.807, 2.05) is 128 Å². The number of carbonyl (C=O) groups is 1. The molecule has 0 radical (unpaired) electrons. The van der Waals surface area contributed by atoms with Gasteiger partial charge in [-0.25, -0.2) is 24.7 Å². The van der Waals surface area contributed by atoms with Crippen LogP contribution in [0.2, 0.25) is 0 Å². The standard InChI is InChI=1S/C43H40N10O2/c1-28-18-20-29(21-19-28)43(54)55-30(22-52(24-39-44-31-10-2-3-11-32(31)45-39)25-40-46-33-12-4-5-13-34(33)47-40)23-53(26-41-48-35-14-6-7-15-36(35)49-41)27-42-50-37-16-8-9-17-38(37)51-42/h2-21,30H,22-27H2,1H3,(H,44,45)(H,46,47)(H,48,49)(H,50,51). The van der Waals surface area contributed by atoms with Crippen molar-refractivity contribution in [2.24, 2.45) is 0 Å². The van der Waals surface area contributed by atoms with E-state index in [0.29, 0.717) is 44.8 Å². The average molecular weight is 729 g/mol. The van der Waals surface area contributed by atoms with Gasteiger partial charge in [-0.15, -0.1) is 0 Å². The van der Waals surface area contributed by atoms with Crippen LogP contribution < -0.4 is 0 Å². The van der Waals surface area contributed by atoms with Crippen LogP contribution in [0.3, 0.4) is 0 Å². The van der Waals surface area contributed by atoms with Gasteiger partial charge in [0.1, 0.15) is 29.4 Å². The molecule has 0 saturated heterocycles.